The summed E-state index contributed by atoms with van der Waals surface area (Å²) in [6.45, 7) is 3.65. The van der Waals surface area contributed by atoms with E-state index in [0.717, 1.165) is 16.8 Å². The first-order valence-corrected chi connectivity index (χ1v) is 8.30. The van der Waals surface area contributed by atoms with E-state index in [-0.39, 0.29) is 5.75 Å². The highest BCUT2D eigenvalue weighted by molar-refractivity contribution is 7.92. The lowest BCUT2D eigenvalue weighted by molar-refractivity contribution is 0.600. The molecule has 3 N–H and O–H groups in total. The maximum atomic E-state index is 12.2. The van der Waals surface area contributed by atoms with Crippen LogP contribution >= 0.6 is 0 Å². The summed E-state index contributed by atoms with van der Waals surface area (Å²) < 4.78 is 27.0. The summed E-state index contributed by atoms with van der Waals surface area (Å²) in [6, 6.07) is 9.03. The van der Waals surface area contributed by atoms with Crippen molar-refractivity contribution in [2.45, 2.75) is 20.3 Å². The van der Waals surface area contributed by atoms with E-state index < -0.39 is 10.0 Å². The number of aromatic nitrogens is 1. The average molecular weight is 305 g/mol. The normalized spacial score (nSPS) is 11.3. The minimum atomic E-state index is -3.44. The summed E-state index contributed by atoms with van der Waals surface area (Å²) in [7, 11) is -3.44. The van der Waals surface area contributed by atoms with Crippen LogP contribution in [0.15, 0.2) is 36.5 Å². The Bertz CT molecular complexity index is 728. The first kappa shape index (κ1) is 15.3. The number of sulfonamides is 1. The first-order chi connectivity index (χ1) is 9.89. The van der Waals surface area contributed by atoms with Crippen molar-refractivity contribution in [3.8, 4) is 0 Å². The second kappa shape index (κ2) is 6.13. The summed E-state index contributed by atoms with van der Waals surface area (Å²) in [4.78, 5) is 4.13. The van der Waals surface area contributed by atoms with Crippen LogP contribution in [0.3, 0.4) is 0 Å². The zero-order valence-corrected chi connectivity index (χ0v) is 12.9. The Labute approximate surface area is 125 Å². The van der Waals surface area contributed by atoms with Crippen molar-refractivity contribution in [2.75, 3.05) is 16.2 Å². The molecule has 1 heterocycles. The highest BCUT2D eigenvalue weighted by atomic mass is 32.2. The maximum Gasteiger partial charge on any atom is 0.233 e. The minimum Gasteiger partial charge on any atom is -0.398 e. The summed E-state index contributed by atoms with van der Waals surface area (Å²) in [5.41, 5.74) is 9.32. The van der Waals surface area contributed by atoms with Gasteiger partial charge in [-0.3, -0.25) is 9.71 Å². The second-order valence-corrected chi connectivity index (χ2v) is 6.81. The molecule has 2 rings (SSSR count). The molecule has 1 aromatic heterocycles. The van der Waals surface area contributed by atoms with E-state index in [1.54, 1.807) is 31.3 Å². The van der Waals surface area contributed by atoms with Gasteiger partial charge in [0.25, 0.3) is 0 Å². The fourth-order valence-electron chi connectivity index (χ4n) is 2.01. The van der Waals surface area contributed by atoms with Crippen LogP contribution < -0.4 is 10.5 Å². The zero-order valence-electron chi connectivity index (χ0n) is 12.1. The number of nitrogens with one attached hydrogen (secondary N) is 1. The van der Waals surface area contributed by atoms with Crippen LogP contribution in [0.4, 0.5) is 11.4 Å². The standard InChI is InChI=1S/C15H19N3O2S/c1-11-6-7-14(16)12(2)15(11)18-21(19,20)10-8-13-5-3-4-9-17-13/h3-7,9,18H,8,10,16H2,1-2H3. The van der Waals surface area contributed by atoms with Gasteiger partial charge in [0.2, 0.25) is 10.0 Å². The molecule has 0 atom stereocenters. The van der Waals surface area contributed by atoms with Crippen LogP contribution in [-0.2, 0) is 16.4 Å². The quantitative estimate of drug-likeness (QED) is 0.830. The van der Waals surface area contributed by atoms with E-state index in [1.807, 2.05) is 19.1 Å². The van der Waals surface area contributed by atoms with Crippen LogP contribution in [0, 0.1) is 13.8 Å². The van der Waals surface area contributed by atoms with Gasteiger partial charge in [-0.05, 0) is 43.2 Å². The molecule has 0 spiro atoms. The third-order valence-corrected chi connectivity index (χ3v) is 4.58. The Morgan fingerprint density at radius 3 is 2.62 bits per heavy atom. The molecule has 0 aliphatic heterocycles. The smallest absolute Gasteiger partial charge is 0.233 e. The molecule has 21 heavy (non-hydrogen) atoms. The highest BCUT2D eigenvalue weighted by Crippen LogP contribution is 2.26. The minimum absolute atomic E-state index is 0.0162. The molecule has 112 valence electrons. The number of anilines is 2. The Balaban J connectivity index is 2.13. The van der Waals surface area contributed by atoms with E-state index in [0.29, 0.717) is 17.8 Å². The van der Waals surface area contributed by atoms with Crippen LogP contribution in [0.25, 0.3) is 0 Å². The fraction of sp³-hybridized carbons (Fsp3) is 0.267. The molecule has 6 heteroatoms. The number of pyridine rings is 1. The molecule has 2 aromatic rings. The molecule has 0 fully saturated rings. The largest absolute Gasteiger partial charge is 0.398 e. The lowest BCUT2D eigenvalue weighted by Crippen LogP contribution is -2.20. The third kappa shape index (κ3) is 3.95. The van der Waals surface area contributed by atoms with E-state index in [2.05, 4.69) is 9.71 Å². The highest BCUT2D eigenvalue weighted by Gasteiger charge is 2.15. The lowest BCUT2D eigenvalue weighted by atomic mass is 10.1. The van der Waals surface area contributed by atoms with Crippen molar-refractivity contribution in [1.29, 1.82) is 0 Å². The van der Waals surface area contributed by atoms with Gasteiger partial charge >= 0.3 is 0 Å². The van der Waals surface area contributed by atoms with E-state index in [4.69, 9.17) is 5.73 Å². The summed E-state index contributed by atoms with van der Waals surface area (Å²) in [6.07, 6.45) is 2.03. The fourth-order valence-corrected chi connectivity index (χ4v) is 3.22. The SMILES string of the molecule is Cc1ccc(N)c(C)c1NS(=O)(=O)CCc1ccccn1. The molecular formula is C15H19N3O2S. The molecule has 1 aromatic carbocycles. The number of nitrogens with two attached hydrogens (primary N) is 1. The number of rotatable bonds is 5. The summed E-state index contributed by atoms with van der Waals surface area (Å²) >= 11 is 0. The molecular weight excluding hydrogens is 286 g/mol. The maximum absolute atomic E-state index is 12.2. The van der Waals surface area contributed by atoms with Crippen molar-refractivity contribution >= 4 is 21.4 Å². The van der Waals surface area contributed by atoms with E-state index >= 15 is 0 Å². The van der Waals surface area contributed by atoms with Gasteiger partial charge in [-0.25, -0.2) is 8.42 Å². The van der Waals surface area contributed by atoms with Gasteiger partial charge in [0, 0.05) is 24.0 Å². The van der Waals surface area contributed by atoms with Crippen molar-refractivity contribution in [3.63, 3.8) is 0 Å². The Kier molecular flexibility index (Phi) is 4.47. The van der Waals surface area contributed by atoms with E-state index in [9.17, 15) is 8.42 Å². The second-order valence-electron chi connectivity index (χ2n) is 4.96. The molecule has 5 nitrogen and oxygen atoms in total. The molecule has 0 saturated carbocycles. The first-order valence-electron chi connectivity index (χ1n) is 6.65. The van der Waals surface area contributed by atoms with Crippen molar-refractivity contribution in [1.82, 2.24) is 4.98 Å². The van der Waals surface area contributed by atoms with Gasteiger partial charge in [0.05, 0.1) is 11.4 Å². The molecule has 0 radical (unpaired) electrons. The average Bonchev–Trinajstić information content (AvgIpc) is 2.47. The molecule has 0 unspecified atom stereocenters. The summed E-state index contributed by atoms with van der Waals surface area (Å²) in [5.74, 6) is -0.0162. The topological polar surface area (TPSA) is 85.1 Å². The predicted octanol–water partition coefficient (Wildman–Crippen LogP) is 2.27. The van der Waals surface area contributed by atoms with Crippen LogP contribution in [0.5, 0.6) is 0 Å². The van der Waals surface area contributed by atoms with Crippen molar-refractivity contribution in [2.24, 2.45) is 0 Å². The molecule has 0 saturated heterocycles. The molecule has 0 aliphatic carbocycles. The third-order valence-electron chi connectivity index (χ3n) is 3.33. The molecule has 0 aliphatic rings. The van der Waals surface area contributed by atoms with Gasteiger partial charge < -0.3 is 5.73 Å². The summed E-state index contributed by atoms with van der Waals surface area (Å²) in [5, 5.41) is 0. The number of aryl methyl sites for hydroxylation is 2. The van der Waals surface area contributed by atoms with Crippen LogP contribution in [-0.4, -0.2) is 19.2 Å². The number of hydrogen-bond donors (Lipinski definition) is 2. The Morgan fingerprint density at radius 2 is 1.95 bits per heavy atom. The predicted molar refractivity (Wildman–Crippen MR) is 85.7 cm³/mol. The molecule has 0 amide bonds. The molecule has 0 bridgehead atoms. The number of benzene rings is 1. The van der Waals surface area contributed by atoms with Crippen LogP contribution in [0.1, 0.15) is 16.8 Å². The number of nitrogens with zero attached hydrogens (tertiary/aromatic N) is 1. The van der Waals surface area contributed by atoms with Crippen molar-refractivity contribution in [3.05, 3.63) is 53.3 Å². The van der Waals surface area contributed by atoms with Crippen LogP contribution in [0.2, 0.25) is 0 Å². The Hall–Kier alpha value is -2.08. The van der Waals surface area contributed by atoms with E-state index in [1.165, 1.54) is 0 Å². The van der Waals surface area contributed by atoms with Gasteiger partial charge in [0.1, 0.15) is 0 Å². The van der Waals surface area contributed by atoms with Gasteiger partial charge in [-0.1, -0.05) is 12.1 Å². The number of nitrogen functional groups attached to an aromatic ring is 1. The Morgan fingerprint density at radius 1 is 1.19 bits per heavy atom. The van der Waals surface area contributed by atoms with Gasteiger partial charge in [-0.2, -0.15) is 0 Å². The monoisotopic (exact) mass is 305 g/mol. The zero-order chi connectivity index (χ0) is 15.5. The van der Waals surface area contributed by atoms with Crippen molar-refractivity contribution < 1.29 is 8.42 Å². The number of hydrogen-bond acceptors (Lipinski definition) is 4. The van der Waals surface area contributed by atoms with Gasteiger partial charge in [-0.15, -0.1) is 0 Å². The lowest BCUT2D eigenvalue weighted by Gasteiger charge is -2.14. The van der Waals surface area contributed by atoms with Gasteiger partial charge in [0.15, 0.2) is 0 Å².